The van der Waals surface area contributed by atoms with Gasteiger partial charge in [-0.15, -0.1) is 0 Å². The summed E-state index contributed by atoms with van der Waals surface area (Å²) in [5.74, 6) is -0.0905. The van der Waals surface area contributed by atoms with E-state index >= 15 is 0 Å². The highest BCUT2D eigenvalue weighted by atomic mass is 19.3. The van der Waals surface area contributed by atoms with Crippen LogP contribution in [0.5, 0.6) is 11.5 Å². The number of hydrogen-bond donors (Lipinski definition) is 1. The Hall–Kier alpha value is -1.93. The highest BCUT2D eigenvalue weighted by Gasteiger charge is 2.63. The predicted octanol–water partition coefficient (Wildman–Crippen LogP) is 2.79. The molecule has 1 aliphatic carbocycles. The minimum absolute atomic E-state index is 0.0723. The zero-order chi connectivity index (χ0) is 20.4. The lowest BCUT2D eigenvalue weighted by atomic mass is 9.54. The minimum atomic E-state index is -2.97. The van der Waals surface area contributed by atoms with Crippen LogP contribution >= 0.6 is 0 Å². The van der Waals surface area contributed by atoms with Gasteiger partial charge in [-0.25, -0.2) is 0 Å². The summed E-state index contributed by atoms with van der Waals surface area (Å²) < 4.78 is 40.3. The smallest absolute Gasteiger partial charge is 0.387 e. The van der Waals surface area contributed by atoms with Gasteiger partial charge in [0.05, 0.1) is 13.2 Å². The molecule has 1 amide bonds. The first kappa shape index (κ1) is 21.4. The molecule has 8 heteroatoms. The average molecular weight is 386 g/mol. The summed E-state index contributed by atoms with van der Waals surface area (Å²) >= 11 is 0. The molecule has 1 aliphatic rings. The summed E-state index contributed by atoms with van der Waals surface area (Å²) in [6.45, 7) is 3.55. The van der Waals surface area contributed by atoms with Crippen molar-refractivity contribution in [3.8, 4) is 11.5 Å². The third-order valence-corrected chi connectivity index (χ3v) is 5.42. The van der Waals surface area contributed by atoms with Gasteiger partial charge in [0, 0.05) is 32.0 Å². The van der Waals surface area contributed by atoms with Gasteiger partial charge in [0.15, 0.2) is 11.5 Å². The van der Waals surface area contributed by atoms with Crippen LogP contribution in [0.3, 0.4) is 0 Å². The van der Waals surface area contributed by atoms with E-state index in [0.29, 0.717) is 18.6 Å². The minimum Gasteiger partial charge on any atom is -0.493 e. The third kappa shape index (κ3) is 4.01. The number of likely N-dealkylation sites (N-methyl/N-ethyl adjacent to an activating group) is 1. The summed E-state index contributed by atoms with van der Waals surface area (Å²) in [6, 6.07) is 4.66. The molecule has 1 aromatic carbocycles. The van der Waals surface area contributed by atoms with Crippen molar-refractivity contribution in [2.45, 2.75) is 52.0 Å². The highest BCUT2D eigenvalue weighted by Crippen LogP contribution is 2.50. The van der Waals surface area contributed by atoms with Crippen LogP contribution in [0.1, 0.15) is 32.8 Å². The van der Waals surface area contributed by atoms with Crippen LogP contribution in [-0.2, 0) is 16.1 Å². The maximum Gasteiger partial charge on any atom is 0.387 e. The Bertz CT molecular complexity index is 684. The Morgan fingerprint density at radius 1 is 1.37 bits per heavy atom. The molecule has 0 radical (unpaired) electrons. The number of hydrogen-bond acceptors (Lipinski definition) is 5. The quantitative estimate of drug-likeness (QED) is 0.744. The van der Waals surface area contributed by atoms with Crippen molar-refractivity contribution < 1.29 is 27.8 Å². The average Bonchev–Trinajstić information content (AvgIpc) is 2.60. The lowest BCUT2D eigenvalue weighted by Gasteiger charge is -2.58. The Kier molecular flexibility index (Phi) is 6.32. The summed E-state index contributed by atoms with van der Waals surface area (Å²) in [7, 11) is 3.01. The number of rotatable bonds is 8. The topological polar surface area (TPSA) is 74.0 Å². The fraction of sp³-hybridized carbons (Fsp3) is 0.632. The number of ether oxygens (including phenoxy) is 3. The van der Waals surface area contributed by atoms with E-state index in [2.05, 4.69) is 4.74 Å². The van der Waals surface area contributed by atoms with E-state index in [4.69, 9.17) is 15.2 Å². The summed E-state index contributed by atoms with van der Waals surface area (Å²) in [5.41, 5.74) is 5.52. The molecular formula is C19H28F2N2O4. The van der Waals surface area contributed by atoms with Crippen molar-refractivity contribution in [3.63, 3.8) is 0 Å². The number of alkyl halides is 2. The first-order chi connectivity index (χ1) is 12.6. The van der Waals surface area contributed by atoms with E-state index in [0.717, 1.165) is 0 Å². The van der Waals surface area contributed by atoms with Gasteiger partial charge in [-0.3, -0.25) is 4.79 Å². The molecule has 2 unspecified atom stereocenters. The van der Waals surface area contributed by atoms with Crippen LogP contribution in [0.4, 0.5) is 8.78 Å². The summed E-state index contributed by atoms with van der Waals surface area (Å²) in [6.07, 6.45) is 0.371. The molecule has 2 atom stereocenters. The van der Waals surface area contributed by atoms with E-state index < -0.39 is 17.6 Å². The van der Waals surface area contributed by atoms with Gasteiger partial charge in [0.25, 0.3) is 0 Å². The summed E-state index contributed by atoms with van der Waals surface area (Å²) in [4.78, 5) is 14.5. The second-order valence-corrected chi connectivity index (χ2v) is 7.37. The first-order valence-electron chi connectivity index (χ1n) is 8.84. The highest BCUT2D eigenvalue weighted by molar-refractivity contribution is 5.88. The monoisotopic (exact) mass is 386 g/mol. The van der Waals surface area contributed by atoms with E-state index in [1.165, 1.54) is 24.1 Å². The molecule has 0 aliphatic heterocycles. The van der Waals surface area contributed by atoms with E-state index in [1.54, 1.807) is 13.1 Å². The van der Waals surface area contributed by atoms with Gasteiger partial charge in [-0.2, -0.15) is 8.78 Å². The molecule has 0 spiro atoms. The summed E-state index contributed by atoms with van der Waals surface area (Å²) in [5, 5.41) is 0. The number of carbonyl (C=O) groups excluding carboxylic acids is 1. The van der Waals surface area contributed by atoms with E-state index in [-0.39, 0.29) is 30.1 Å². The second-order valence-electron chi connectivity index (χ2n) is 7.37. The maximum absolute atomic E-state index is 13.0. The Morgan fingerprint density at radius 3 is 2.56 bits per heavy atom. The Balaban J connectivity index is 2.13. The number of amides is 1. The van der Waals surface area contributed by atoms with Crippen molar-refractivity contribution in [1.82, 2.24) is 4.90 Å². The molecule has 0 heterocycles. The Labute approximate surface area is 158 Å². The van der Waals surface area contributed by atoms with Crippen LogP contribution < -0.4 is 15.2 Å². The predicted molar refractivity (Wildman–Crippen MR) is 96.8 cm³/mol. The van der Waals surface area contributed by atoms with Gasteiger partial charge in [0.1, 0.15) is 5.54 Å². The fourth-order valence-corrected chi connectivity index (χ4v) is 3.49. The zero-order valence-corrected chi connectivity index (χ0v) is 16.4. The molecule has 6 nitrogen and oxygen atoms in total. The van der Waals surface area contributed by atoms with Gasteiger partial charge in [-0.1, -0.05) is 19.9 Å². The molecule has 2 rings (SSSR count). The molecule has 1 aromatic rings. The number of methoxy groups -OCH3 is 1. The molecule has 0 saturated heterocycles. The number of nitrogens with two attached hydrogens (primary N) is 1. The largest absolute Gasteiger partial charge is 0.493 e. The number of halogens is 2. The van der Waals surface area contributed by atoms with Gasteiger partial charge in [-0.05, 0) is 24.6 Å². The molecule has 0 aromatic heterocycles. The van der Waals surface area contributed by atoms with Crippen molar-refractivity contribution in [2.75, 3.05) is 20.8 Å². The molecule has 1 saturated carbocycles. The lowest BCUT2D eigenvalue weighted by Crippen LogP contribution is -2.75. The van der Waals surface area contributed by atoms with Crippen LogP contribution in [0.2, 0.25) is 0 Å². The van der Waals surface area contributed by atoms with Crippen molar-refractivity contribution in [3.05, 3.63) is 23.8 Å². The van der Waals surface area contributed by atoms with E-state index in [9.17, 15) is 13.6 Å². The molecule has 152 valence electrons. The number of benzene rings is 1. The molecular weight excluding hydrogens is 358 g/mol. The lowest BCUT2D eigenvalue weighted by molar-refractivity contribution is -0.178. The van der Waals surface area contributed by atoms with Crippen molar-refractivity contribution in [1.29, 1.82) is 0 Å². The molecule has 1 fully saturated rings. The number of carbonyl (C=O) groups is 1. The van der Waals surface area contributed by atoms with Gasteiger partial charge >= 0.3 is 6.61 Å². The SMILES string of the molecule is CCOC1CC(N)(C(=O)N(C)Cc2ccc(OC)c(OC(F)F)c2)C1(C)C. The zero-order valence-electron chi connectivity index (χ0n) is 16.4. The maximum atomic E-state index is 13.0. The van der Waals surface area contributed by atoms with Crippen LogP contribution in [-0.4, -0.2) is 49.8 Å². The van der Waals surface area contributed by atoms with Crippen LogP contribution in [0.15, 0.2) is 18.2 Å². The van der Waals surface area contributed by atoms with Crippen LogP contribution in [0.25, 0.3) is 0 Å². The van der Waals surface area contributed by atoms with Crippen molar-refractivity contribution >= 4 is 5.91 Å². The van der Waals surface area contributed by atoms with Gasteiger partial charge < -0.3 is 24.8 Å². The first-order valence-corrected chi connectivity index (χ1v) is 8.84. The normalized spacial score (nSPS) is 23.7. The number of nitrogens with zero attached hydrogens (tertiary/aromatic N) is 1. The molecule has 2 N–H and O–H groups in total. The van der Waals surface area contributed by atoms with Gasteiger partial charge in [0.2, 0.25) is 5.91 Å². The van der Waals surface area contributed by atoms with Crippen molar-refractivity contribution in [2.24, 2.45) is 11.1 Å². The molecule has 27 heavy (non-hydrogen) atoms. The second kappa shape index (κ2) is 7.98. The fourth-order valence-electron chi connectivity index (χ4n) is 3.49. The van der Waals surface area contributed by atoms with E-state index in [1.807, 2.05) is 20.8 Å². The molecule has 0 bridgehead atoms. The van der Waals surface area contributed by atoms with Crippen LogP contribution in [0, 0.1) is 5.41 Å². The standard InChI is InChI=1S/C19H28F2N2O4/c1-6-26-15-10-19(22,18(15,2)3)16(24)23(4)11-12-7-8-13(25-5)14(9-12)27-17(20)21/h7-9,15,17H,6,10-11,22H2,1-5H3. The Morgan fingerprint density at radius 2 is 2.04 bits per heavy atom. The third-order valence-electron chi connectivity index (χ3n) is 5.42.